The molecule has 9 heteroatoms. The molecule has 0 saturated carbocycles. The van der Waals surface area contributed by atoms with Crippen LogP contribution in [0.3, 0.4) is 0 Å². The molecule has 0 aliphatic rings. The summed E-state index contributed by atoms with van der Waals surface area (Å²) in [6.07, 6.45) is 2.62. The van der Waals surface area contributed by atoms with Gasteiger partial charge >= 0.3 is 11.9 Å². The molecular weight excluding hydrogens is 372 g/mol. The maximum atomic E-state index is 13.9. The Kier molecular flexibility index (Phi) is 6.97. The Morgan fingerprint density at radius 2 is 2.00 bits per heavy atom. The summed E-state index contributed by atoms with van der Waals surface area (Å²) in [5, 5.41) is 11.7. The van der Waals surface area contributed by atoms with E-state index in [1.165, 1.54) is 18.5 Å². The molecule has 1 unspecified atom stereocenters. The molecular formula is C19H21F2N3O4. The molecule has 2 N–H and O–H groups in total. The Morgan fingerprint density at radius 3 is 2.61 bits per heavy atom. The third-order valence-corrected chi connectivity index (χ3v) is 4.35. The molecule has 7 nitrogen and oxygen atoms in total. The maximum absolute atomic E-state index is 13.9. The number of esters is 1. The minimum absolute atomic E-state index is 0.0170. The lowest BCUT2D eigenvalue weighted by atomic mass is 9.77. The summed E-state index contributed by atoms with van der Waals surface area (Å²) in [6, 6.07) is 3.02. The van der Waals surface area contributed by atoms with E-state index in [2.05, 4.69) is 15.3 Å². The van der Waals surface area contributed by atoms with Gasteiger partial charge in [0.05, 0.1) is 24.2 Å². The molecule has 1 heterocycles. The number of carbonyl (C=O) groups excluding carboxylic acids is 1. The van der Waals surface area contributed by atoms with Crippen LogP contribution in [0.25, 0.3) is 0 Å². The van der Waals surface area contributed by atoms with E-state index in [0.717, 1.165) is 12.1 Å². The first kappa shape index (κ1) is 21.2. The number of benzene rings is 1. The minimum atomic E-state index is -1.31. The smallest absolute Gasteiger partial charge is 0.318 e. The highest BCUT2D eigenvalue weighted by atomic mass is 19.1. The number of hydrogen-bond acceptors (Lipinski definition) is 6. The summed E-state index contributed by atoms with van der Waals surface area (Å²) in [7, 11) is 0. The zero-order valence-corrected chi connectivity index (χ0v) is 15.5. The van der Waals surface area contributed by atoms with Gasteiger partial charge in [-0.1, -0.05) is 6.92 Å². The van der Waals surface area contributed by atoms with Crippen molar-refractivity contribution in [3.63, 3.8) is 0 Å². The van der Waals surface area contributed by atoms with Crippen LogP contribution in [-0.4, -0.2) is 33.6 Å². The van der Waals surface area contributed by atoms with E-state index in [1.807, 2.05) is 0 Å². The average Bonchev–Trinajstić information content (AvgIpc) is 2.65. The Bertz CT molecular complexity index is 863. The van der Waals surface area contributed by atoms with Gasteiger partial charge in [-0.2, -0.15) is 0 Å². The van der Waals surface area contributed by atoms with Gasteiger partial charge in [-0.15, -0.1) is 0 Å². The third-order valence-electron chi connectivity index (χ3n) is 4.35. The Morgan fingerprint density at radius 1 is 1.25 bits per heavy atom. The lowest BCUT2D eigenvalue weighted by molar-refractivity contribution is -0.151. The lowest BCUT2D eigenvalue weighted by Crippen LogP contribution is -2.38. The number of nitrogens with one attached hydrogen (secondary N) is 1. The molecule has 0 radical (unpaired) electrons. The predicted molar refractivity (Wildman–Crippen MR) is 97.1 cm³/mol. The van der Waals surface area contributed by atoms with Crippen molar-refractivity contribution >= 4 is 23.4 Å². The Labute approximate surface area is 160 Å². The van der Waals surface area contributed by atoms with Crippen molar-refractivity contribution < 1.29 is 28.2 Å². The molecule has 0 amide bonds. The fourth-order valence-electron chi connectivity index (χ4n) is 2.81. The van der Waals surface area contributed by atoms with Crippen LogP contribution in [-0.2, 0) is 19.7 Å². The first-order chi connectivity index (χ1) is 13.3. The van der Waals surface area contributed by atoms with Gasteiger partial charge in [0.25, 0.3) is 0 Å². The van der Waals surface area contributed by atoms with E-state index in [4.69, 9.17) is 9.84 Å². The summed E-state index contributed by atoms with van der Waals surface area (Å²) in [6.45, 7) is 3.50. The fraction of sp³-hybridized carbons (Fsp3) is 0.368. The van der Waals surface area contributed by atoms with E-state index in [1.54, 1.807) is 13.8 Å². The zero-order valence-electron chi connectivity index (χ0n) is 15.5. The van der Waals surface area contributed by atoms with Gasteiger partial charge in [-0.05, 0) is 31.9 Å². The summed E-state index contributed by atoms with van der Waals surface area (Å²) in [5.74, 6) is -3.06. The van der Waals surface area contributed by atoms with Crippen LogP contribution in [0.2, 0.25) is 0 Å². The molecule has 0 saturated heterocycles. The number of ether oxygens (including phenoxy) is 1. The number of aromatic nitrogens is 2. The minimum Gasteiger partial charge on any atom is -0.481 e. The number of carboxylic acids is 1. The van der Waals surface area contributed by atoms with Gasteiger partial charge in [0.2, 0.25) is 0 Å². The Balaban J connectivity index is 2.41. The normalized spacial score (nSPS) is 12.9. The summed E-state index contributed by atoms with van der Waals surface area (Å²) < 4.78 is 32.1. The van der Waals surface area contributed by atoms with Gasteiger partial charge < -0.3 is 15.2 Å². The quantitative estimate of drug-likeness (QED) is 0.628. The van der Waals surface area contributed by atoms with Crippen LogP contribution >= 0.6 is 0 Å². The van der Waals surface area contributed by atoms with Crippen molar-refractivity contribution in [2.24, 2.45) is 0 Å². The van der Waals surface area contributed by atoms with Gasteiger partial charge in [0.15, 0.2) is 0 Å². The van der Waals surface area contributed by atoms with Crippen molar-refractivity contribution in [1.29, 1.82) is 0 Å². The highest BCUT2D eigenvalue weighted by Crippen LogP contribution is 2.34. The highest BCUT2D eigenvalue weighted by molar-refractivity contribution is 5.83. The molecule has 1 aromatic carbocycles. The van der Waals surface area contributed by atoms with Gasteiger partial charge in [0, 0.05) is 18.7 Å². The van der Waals surface area contributed by atoms with Gasteiger partial charge in [-0.25, -0.2) is 13.8 Å². The van der Waals surface area contributed by atoms with Crippen molar-refractivity contribution in [3.8, 4) is 0 Å². The number of anilines is 2. The molecule has 2 rings (SSSR count). The van der Waals surface area contributed by atoms with Crippen LogP contribution in [0.4, 0.5) is 20.3 Å². The SMILES string of the molecule is CCOC(=O)C(CC)(CCC(=O)O)c1cncc(Nc2ccc(F)cc2F)n1. The fourth-order valence-corrected chi connectivity index (χ4v) is 2.81. The maximum Gasteiger partial charge on any atom is 0.318 e. The van der Waals surface area contributed by atoms with Gasteiger partial charge in [0.1, 0.15) is 22.9 Å². The predicted octanol–water partition coefficient (Wildman–Crippen LogP) is 3.57. The molecule has 28 heavy (non-hydrogen) atoms. The van der Waals surface area contributed by atoms with Crippen molar-refractivity contribution in [2.45, 2.75) is 38.5 Å². The first-order valence-corrected chi connectivity index (χ1v) is 8.76. The monoisotopic (exact) mass is 393 g/mol. The summed E-state index contributed by atoms with van der Waals surface area (Å²) >= 11 is 0. The van der Waals surface area contributed by atoms with E-state index in [0.29, 0.717) is 0 Å². The number of carboxylic acid groups (broad SMARTS) is 1. The number of halogens is 2. The second-order valence-electron chi connectivity index (χ2n) is 6.09. The molecule has 2 aromatic rings. The van der Waals surface area contributed by atoms with E-state index in [9.17, 15) is 18.4 Å². The van der Waals surface area contributed by atoms with Crippen molar-refractivity contribution in [1.82, 2.24) is 9.97 Å². The average molecular weight is 393 g/mol. The number of hydrogen-bond donors (Lipinski definition) is 2. The molecule has 0 spiro atoms. The van der Waals surface area contributed by atoms with E-state index in [-0.39, 0.29) is 43.1 Å². The van der Waals surface area contributed by atoms with E-state index >= 15 is 0 Å². The molecule has 1 atom stereocenters. The first-order valence-electron chi connectivity index (χ1n) is 8.76. The zero-order chi connectivity index (χ0) is 20.7. The number of nitrogens with zero attached hydrogens (tertiary/aromatic N) is 2. The topological polar surface area (TPSA) is 101 Å². The van der Waals surface area contributed by atoms with E-state index < -0.39 is 29.0 Å². The highest BCUT2D eigenvalue weighted by Gasteiger charge is 2.42. The van der Waals surface area contributed by atoms with Crippen LogP contribution in [0.15, 0.2) is 30.6 Å². The van der Waals surface area contributed by atoms with Gasteiger partial charge in [-0.3, -0.25) is 14.6 Å². The van der Waals surface area contributed by atoms with Crippen molar-refractivity contribution in [2.75, 3.05) is 11.9 Å². The summed E-state index contributed by atoms with van der Waals surface area (Å²) in [5.41, 5.74) is -1.11. The molecule has 150 valence electrons. The second-order valence-corrected chi connectivity index (χ2v) is 6.09. The molecule has 0 fully saturated rings. The molecule has 0 aliphatic heterocycles. The lowest BCUT2D eigenvalue weighted by Gasteiger charge is -2.29. The van der Waals surface area contributed by atoms with Crippen LogP contribution in [0.1, 0.15) is 38.8 Å². The number of rotatable bonds is 9. The molecule has 0 aliphatic carbocycles. The number of aliphatic carboxylic acids is 1. The van der Waals surface area contributed by atoms with Crippen LogP contribution in [0, 0.1) is 11.6 Å². The molecule has 0 bridgehead atoms. The standard InChI is InChI=1S/C19H21F2N3O4/c1-3-19(8-7-17(25)26,18(27)28-4-2)15-10-22-11-16(24-15)23-14-6-5-12(20)9-13(14)21/h5-6,9-11H,3-4,7-8H2,1-2H3,(H,23,24)(H,25,26). The summed E-state index contributed by atoms with van der Waals surface area (Å²) in [4.78, 5) is 32.1. The largest absolute Gasteiger partial charge is 0.481 e. The van der Waals surface area contributed by atoms with Crippen molar-refractivity contribution in [3.05, 3.63) is 47.9 Å². The third kappa shape index (κ3) is 4.79. The number of carbonyl (C=O) groups is 2. The molecule has 1 aromatic heterocycles. The van der Waals surface area contributed by atoms with Crippen LogP contribution < -0.4 is 5.32 Å². The second kappa shape index (κ2) is 9.20. The van der Waals surface area contributed by atoms with Crippen LogP contribution in [0.5, 0.6) is 0 Å². The Hall–Kier alpha value is -3.10.